The fourth-order valence-corrected chi connectivity index (χ4v) is 2.29. The predicted octanol–water partition coefficient (Wildman–Crippen LogP) is 3.84. The maximum absolute atomic E-state index is 4.44. The van der Waals surface area contributed by atoms with Crippen LogP contribution < -0.4 is 10.6 Å². The first-order valence-corrected chi connectivity index (χ1v) is 7.51. The number of aromatic nitrogens is 3. The molecule has 1 aromatic carbocycles. The Hall–Kier alpha value is -2.95. The maximum Gasteiger partial charge on any atom is 0.136 e. The monoisotopic (exact) mass is 305 g/mol. The van der Waals surface area contributed by atoms with E-state index >= 15 is 0 Å². The fraction of sp³-hybridized carbons (Fsp3) is 0.167. The quantitative estimate of drug-likeness (QED) is 0.750. The van der Waals surface area contributed by atoms with Crippen LogP contribution in [0.5, 0.6) is 0 Å². The lowest BCUT2D eigenvalue weighted by Gasteiger charge is -2.10. The molecular weight excluding hydrogens is 286 g/mol. The van der Waals surface area contributed by atoms with E-state index in [4.69, 9.17) is 0 Å². The van der Waals surface area contributed by atoms with Crippen LogP contribution in [0.1, 0.15) is 17.0 Å². The first-order chi connectivity index (χ1) is 11.2. The third-order valence-corrected chi connectivity index (χ3v) is 3.35. The Bertz CT molecular complexity index is 786. The number of pyridine rings is 1. The van der Waals surface area contributed by atoms with Crippen molar-refractivity contribution >= 4 is 17.3 Å². The summed E-state index contributed by atoms with van der Waals surface area (Å²) in [7, 11) is 0. The van der Waals surface area contributed by atoms with Gasteiger partial charge in [0, 0.05) is 30.7 Å². The molecule has 0 radical (unpaired) electrons. The lowest BCUT2D eigenvalue weighted by atomic mass is 10.2. The number of hydrogen-bond acceptors (Lipinski definition) is 5. The van der Waals surface area contributed by atoms with Crippen molar-refractivity contribution in [2.45, 2.75) is 20.4 Å². The Morgan fingerprint density at radius 1 is 0.913 bits per heavy atom. The molecule has 0 saturated carbocycles. The van der Waals surface area contributed by atoms with Gasteiger partial charge in [0.2, 0.25) is 0 Å². The van der Waals surface area contributed by atoms with Gasteiger partial charge < -0.3 is 10.6 Å². The topological polar surface area (TPSA) is 62.7 Å². The normalized spacial score (nSPS) is 10.3. The molecule has 0 amide bonds. The van der Waals surface area contributed by atoms with Crippen LogP contribution in [0.2, 0.25) is 0 Å². The molecule has 0 unspecified atom stereocenters. The van der Waals surface area contributed by atoms with E-state index in [1.807, 2.05) is 37.3 Å². The van der Waals surface area contributed by atoms with Crippen LogP contribution in [-0.2, 0) is 6.54 Å². The van der Waals surface area contributed by atoms with Crippen molar-refractivity contribution in [3.05, 3.63) is 71.8 Å². The molecule has 0 aliphatic heterocycles. The summed E-state index contributed by atoms with van der Waals surface area (Å²) in [6.45, 7) is 4.65. The van der Waals surface area contributed by atoms with Crippen LogP contribution >= 0.6 is 0 Å². The number of benzene rings is 1. The molecule has 0 saturated heterocycles. The molecule has 23 heavy (non-hydrogen) atoms. The SMILES string of the molecule is Cc1cccc(Nc2cc(NCc3ccncc3)nc(C)n2)c1. The molecule has 2 N–H and O–H groups in total. The molecule has 2 aromatic heterocycles. The highest BCUT2D eigenvalue weighted by atomic mass is 15.1. The smallest absolute Gasteiger partial charge is 0.136 e. The summed E-state index contributed by atoms with van der Waals surface area (Å²) in [5.74, 6) is 2.30. The van der Waals surface area contributed by atoms with Gasteiger partial charge >= 0.3 is 0 Å². The highest BCUT2D eigenvalue weighted by molar-refractivity contribution is 5.59. The lowest BCUT2D eigenvalue weighted by Crippen LogP contribution is -2.05. The average molecular weight is 305 g/mol. The van der Waals surface area contributed by atoms with Crippen molar-refractivity contribution in [1.29, 1.82) is 0 Å². The third kappa shape index (κ3) is 4.26. The minimum Gasteiger partial charge on any atom is -0.366 e. The van der Waals surface area contributed by atoms with Crippen LogP contribution in [0.3, 0.4) is 0 Å². The van der Waals surface area contributed by atoms with Gasteiger partial charge in [-0.3, -0.25) is 4.98 Å². The summed E-state index contributed by atoms with van der Waals surface area (Å²) in [5.41, 5.74) is 3.38. The van der Waals surface area contributed by atoms with Gasteiger partial charge in [-0.1, -0.05) is 12.1 Å². The molecule has 0 aliphatic rings. The van der Waals surface area contributed by atoms with E-state index in [-0.39, 0.29) is 0 Å². The van der Waals surface area contributed by atoms with E-state index in [9.17, 15) is 0 Å². The van der Waals surface area contributed by atoms with Crippen LogP contribution in [0.4, 0.5) is 17.3 Å². The van der Waals surface area contributed by atoms with Gasteiger partial charge in [-0.15, -0.1) is 0 Å². The third-order valence-electron chi connectivity index (χ3n) is 3.35. The molecule has 0 aliphatic carbocycles. The van der Waals surface area contributed by atoms with Crippen LogP contribution in [0.15, 0.2) is 54.9 Å². The second-order valence-electron chi connectivity index (χ2n) is 5.39. The number of hydrogen-bond donors (Lipinski definition) is 2. The zero-order valence-corrected chi connectivity index (χ0v) is 13.2. The first kappa shape index (κ1) is 15.0. The Kier molecular flexibility index (Phi) is 4.47. The Labute approximate surface area is 135 Å². The number of nitrogens with one attached hydrogen (secondary N) is 2. The molecule has 116 valence electrons. The van der Waals surface area contributed by atoms with E-state index in [1.165, 1.54) is 5.56 Å². The van der Waals surface area contributed by atoms with Crippen molar-refractivity contribution in [3.8, 4) is 0 Å². The van der Waals surface area contributed by atoms with Crippen molar-refractivity contribution < 1.29 is 0 Å². The zero-order chi connectivity index (χ0) is 16.1. The fourth-order valence-electron chi connectivity index (χ4n) is 2.29. The Morgan fingerprint density at radius 2 is 1.70 bits per heavy atom. The molecule has 0 fully saturated rings. The second kappa shape index (κ2) is 6.87. The predicted molar refractivity (Wildman–Crippen MR) is 92.8 cm³/mol. The summed E-state index contributed by atoms with van der Waals surface area (Å²) >= 11 is 0. The summed E-state index contributed by atoms with van der Waals surface area (Å²) in [4.78, 5) is 12.9. The highest BCUT2D eigenvalue weighted by Crippen LogP contribution is 2.18. The molecule has 5 nitrogen and oxygen atoms in total. The second-order valence-corrected chi connectivity index (χ2v) is 5.39. The van der Waals surface area contributed by atoms with Gasteiger partial charge in [-0.2, -0.15) is 0 Å². The van der Waals surface area contributed by atoms with Gasteiger partial charge in [0.25, 0.3) is 0 Å². The molecule has 0 atom stereocenters. The van der Waals surface area contributed by atoms with Gasteiger partial charge in [0.1, 0.15) is 17.5 Å². The standard InChI is InChI=1S/C18H19N5/c1-13-4-3-5-16(10-13)23-18-11-17(21-14(2)22-18)20-12-15-6-8-19-9-7-15/h3-11H,12H2,1-2H3,(H2,20,21,22,23). The van der Waals surface area contributed by atoms with Gasteiger partial charge in [0.15, 0.2) is 0 Å². The number of anilines is 3. The average Bonchev–Trinajstić information content (AvgIpc) is 2.53. The first-order valence-electron chi connectivity index (χ1n) is 7.51. The number of rotatable bonds is 5. The lowest BCUT2D eigenvalue weighted by molar-refractivity contribution is 1.02. The molecule has 0 bridgehead atoms. The summed E-state index contributed by atoms with van der Waals surface area (Å²) in [6, 6.07) is 14.1. The summed E-state index contributed by atoms with van der Waals surface area (Å²) < 4.78 is 0. The van der Waals surface area contributed by atoms with Crippen LogP contribution in [-0.4, -0.2) is 15.0 Å². The minimum absolute atomic E-state index is 0.697. The van der Waals surface area contributed by atoms with E-state index in [2.05, 4.69) is 44.6 Å². The van der Waals surface area contributed by atoms with E-state index in [0.717, 1.165) is 28.7 Å². The van der Waals surface area contributed by atoms with Gasteiger partial charge in [-0.25, -0.2) is 9.97 Å². The van der Waals surface area contributed by atoms with Crippen LogP contribution in [0, 0.1) is 13.8 Å². The molecule has 2 heterocycles. The van der Waals surface area contributed by atoms with Gasteiger partial charge in [0.05, 0.1) is 0 Å². The van der Waals surface area contributed by atoms with Crippen molar-refractivity contribution in [2.24, 2.45) is 0 Å². The van der Waals surface area contributed by atoms with Crippen molar-refractivity contribution in [2.75, 3.05) is 10.6 Å². The Balaban J connectivity index is 1.73. The Morgan fingerprint density at radius 3 is 2.48 bits per heavy atom. The highest BCUT2D eigenvalue weighted by Gasteiger charge is 2.03. The molecule has 0 spiro atoms. The molecule has 3 aromatic rings. The van der Waals surface area contributed by atoms with Crippen molar-refractivity contribution in [1.82, 2.24) is 15.0 Å². The van der Waals surface area contributed by atoms with E-state index in [1.54, 1.807) is 12.4 Å². The number of nitrogens with zero attached hydrogens (tertiary/aromatic N) is 3. The minimum atomic E-state index is 0.697. The van der Waals surface area contributed by atoms with Crippen LogP contribution in [0.25, 0.3) is 0 Å². The molecular formula is C18H19N5. The van der Waals surface area contributed by atoms with Gasteiger partial charge in [-0.05, 0) is 49.2 Å². The maximum atomic E-state index is 4.44. The molecule has 5 heteroatoms. The summed E-state index contributed by atoms with van der Waals surface area (Å²) in [5, 5.41) is 6.64. The zero-order valence-electron chi connectivity index (χ0n) is 13.2. The van der Waals surface area contributed by atoms with E-state index < -0.39 is 0 Å². The molecule has 3 rings (SSSR count). The summed E-state index contributed by atoms with van der Waals surface area (Å²) in [6.07, 6.45) is 3.57. The van der Waals surface area contributed by atoms with Crippen molar-refractivity contribution in [3.63, 3.8) is 0 Å². The van der Waals surface area contributed by atoms with E-state index in [0.29, 0.717) is 6.54 Å². The largest absolute Gasteiger partial charge is 0.366 e. The number of aryl methyl sites for hydroxylation is 2.